The number of hydrogen-bond acceptors (Lipinski definition) is 5. The maximum absolute atomic E-state index is 12.9. The average molecular weight is 399 g/mol. The van der Waals surface area contributed by atoms with Gasteiger partial charge in [-0.2, -0.15) is 9.61 Å². The number of amides is 2. The molecule has 2 amide bonds. The van der Waals surface area contributed by atoms with E-state index in [-0.39, 0.29) is 29.3 Å². The maximum atomic E-state index is 12.9. The molecule has 0 unspecified atom stereocenters. The predicted octanol–water partition coefficient (Wildman–Crippen LogP) is 0.995. The molecule has 0 radical (unpaired) electrons. The minimum Gasteiger partial charge on any atom is -0.494 e. The first-order valence-corrected chi connectivity index (χ1v) is 9.98. The largest absolute Gasteiger partial charge is 0.494 e. The van der Waals surface area contributed by atoms with E-state index in [2.05, 4.69) is 10.4 Å². The van der Waals surface area contributed by atoms with Gasteiger partial charge in [0.25, 0.3) is 11.5 Å². The second kappa shape index (κ2) is 7.38. The lowest BCUT2D eigenvalue weighted by Crippen LogP contribution is -2.40. The van der Waals surface area contributed by atoms with Crippen LogP contribution in [0.5, 0.6) is 5.88 Å². The smallest absolute Gasteiger partial charge is 0.291 e. The Morgan fingerprint density at radius 3 is 2.66 bits per heavy atom. The number of rotatable bonds is 6. The molecule has 9 nitrogen and oxygen atoms in total. The van der Waals surface area contributed by atoms with Gasteiger partial charge in [-0.05, 0) is 31.3 Å². The van der Waals surface area contributed by atoms with E-state index in [0.29, 0.717) is 17.8 Å². The van der Waals surface area contributed by atoms with E-state index in [1.54, 1.807) is 11.0 Å². The van der Waals surface area contributed by atoms with Gasteiger partial charge in [0.05, 0.1) is 6.20 Å². The van der Waals surface area contributed by atoms with Crippen LogP contribution in [0.4, 0.5) is 0 Å². The lowest BCUT2D eigenvalue weighted by atomic mass is 10.2. The third kappa shape index (κ3) is 3.64. The lowest BCUT2D eigenvalue weighted by molar-refractivity contribution is -0.129. The molecule has 2 aromatic rings. The number of nitrogens with zero attached hydrogens (tertiary/aromatic N) is 4. The third-order valence-electron chi connectivity index (χ3n) is 5.17. The van der Waals surface area contributed by atoms with E-state index in [0.717, 1.165) is 36.9 Å². The molecule has 2 aliphatic rings. The first-order valence-electron chi connectivity index (χ1n) is 9.98. The Morgan fingerprint density at radius 1 is 1.34 bits per heavy atom. The van der Waals surface area contributed by atoms with Gasteiger partial charge >= 0.3 is 0 Å². The van der Waals surface area contributed by atoms with Gasteiger partial charge < -0.3 is 15.3 Å². The van der Waals surface area contributed by atoms with Gasteiger partial charge in [0, 0.05) is 37.3 Å². The van der Waals surface area contributed by atoms with Crippen molar-refractivity contribution in [1.29, 1.82) is 0 Å². The number of nitrogens with one attached hydrogen (secondary N) is 1. The Kier molecular flexibility index (Phi) is 4.89. The summed E-state index contributed by atoms with van der Waals surface area (Å²) in [5.41, 5.74) is -0.0948. The summed E-state index contributed by atoms with van der Waals surface area (Å²) in [6.45, 7) is 5.81. The first-order chi connectivity index (χ1) is 13.9. The highest BCUT2D eigenvalue weighted by atomic mass is 16.3. The van der Waals surface area contributed by atoms with Crippen molar-refractivity contribution < 1.29 is 14.7 Å². The van der Waals surface area contributed by atoms with Gasteiger partial charge in [-0.3, -0.25) is 19.0 Å². The van der Waals surface area contributed by atoms with Crippen LogP contribution < -0.4 is 10.9 Å². The van der Waals surface area contributed by atoms with Crippen LogP contribution >= 0.6 is 0 Å². The summed E-state index contributed by atoms with van der Waals surface area (Å²) < 4.78 is 2.65. The molecule has 1 saturated heterocycles. The molecule has 1 saturated carbocycles. The van der Waals surface area contributed by atoms with Gasteiger partial charge in [0.15, 0.2) is 5.56 Å². The standard InChI is InChI=1S/C20H25N5O4/c1-12(2)11-24-18-13(4-7-15(26)23-8-3-9-23)10-21-25(18)20(29)16(19(24)28)17(27)22-14-5-6-14/h4,7,10,12,14,28H,3,5-6,8-9,11H2,1-2H3,(H,22,27). The molecule has 9 heteroatoms. The second-order valence-electron chi connectivity index (χ2n) is 8.10. The van der Waals surface area contributed by atoms with Crippen LogP contribution in [0, 0.1) is 5.92 Å². The average Bonchev–Trinajstić information content (AvgIpc) is 3.31. The van der Waals surface area contributed by atoms with Gasteiger partial charge in [-0.1, -0.05) is 13.8 Å². The zero-order valence-corrected chi connectivity index (χ0v) is 16.6. The Hall–Kier alpha value is -3.10. The fourth-order valence-corrected chi connectivity index (χ4v) is 3.35. The second-order valence-corrected chi connectivity index (χ2v) is 8.10. The van der Waals surface area contributed by atoms with E-state index in [4.69, 9.17) is 0 Å². The van der Waals surface area contributed by atoms with Crippen LogP contribution in [0.25, 0.3) is 11.7 Å². The number of hydrogen-bond donors (Lipinski definition) is 2. The molecule has 29 heavy (non-hydrogen) atoms. The molecule has 2 N–H and O–H groups in total. The Labute approximate surface area is 167 Å². The molecule has 2 aromatic heterocycles. The number of likely N-dealkylation sites (tertiary alicyclic amines) is 1. The predicted molar refractivity (Wildman–Crippen MR) is 107 cm³/mol. The molecule has 0 spiro atoms. The molecular weight excluding hydrogens is 374 g/mol. The highest BCUT2D eigenvalue weighted by molar-refractivity contribution is 5.97. The zero-order valence-electron chi connectivity index (χ0n) is 16.6. The lowest BCUT2D eigenvalue weighted by Gasteiger charge is -2.29. The van der Waals surface area contributed by atoms with Crippen LogP contribution in [0.15, 0.2) is 17.1 Å². The van der Waals surface area contributed by atoms with Crippen LogP contribution in [-0.2, 0) is 11.3 Å². The Balaban J connectivity index is 1.80. The van der Waals surface area contributed by atoms with Crippen molar-refractivity contribution in [1.82, 2.24) is 24.4 Å². The molecule has 0 bridgehead atoms. The van der Waals surface area contributed by atoms with Gasteiger partial charge in [-0.15, -0.1) is 0 Å². The van der Waals surface area contributed by atoms with Gasteiger partial charge in [0.1, 0.15) is 5.65 Å². The van der Waals surface area contributed by atoms with Crippen LogP contribution in [0.3, 0.4) is 0 Å². The van der Waals surface area contributed by atoms with E-state index >= 15 is 0 Å². The van der Waals surface area contributed by atoms with Crippen LogP contribution in [0.1, 0.15) is 49.0 Å². The Bertz CT molecular complexity index is 1060. The van der Waals surface area contributed by atoms with E-state index < -0.39 is 11.5 Å². The minimum absolute atomic E-state index is 0.0548. The monoisotopic (exact) mass is 399 g/mol. The fourth-order valence-electron chi connectivity index (χ4n) is 3.35. The fraction of sp³-hybridized carbons (Fsp3) is 0.500. The summed E-state index contributed by atoms with van der Waals surface area (Å²) in [5, 5.41) is 17.7. The summed E-state index contributed by atoms with van der Waals surface area (Å²) in [5.74, 6) is -0.924. The number of carbonyl (C=O) groups excluding carboxylic acids is 2. The number of aromatic hydroxyl groups is 1. The highest BCUT2D eigenvalue weighted by Gasteiger charge is 2.30. The van der Waals surface area contributed by atoms with Crippen molar-refractivity contribution in [2.24, 2.45) is 5.92 Å². The topological polar surface area (TPSA) is 109 Å². The van der Waals surface area contributed by atoms with E-state index in [9.17, 15) is 19.5 Å². The van der Waals surface area contributed by atoms with Crippen molar-refractivity contribution >= 4 is 23.5 Å². The first kappa shape index (κ1) is 19.2. The quantitative estimate of drug-likeness (QED) is 0.705. The van der Waals surface area contributed by atoms with Crippen LogP contribution in [0.2, 0.25) is 0 Å². The van der Waals surface area contributed by atoms with Crippen molar-refractivity contribution in [3.05, 3.63) is 33.8 Å². The summed E-state index contributed by atoms with van der Waals surface area (Å²) in [7, 11) is 0. The SMILES string of the molecule is CC(C)Cn1c(O)c(C(=O)NC2CC2)c(=O)n2ncc(C=CC(=O)N3CCC3)c12. The molecule has 4 rings (SSSR count). The molecule has 3 heterocycles. The van der Waals surface area contributed by atoms with E-state index in [1.165, 1.54) is 16.8 Å². The number of fused-ring (bicyclic) bond motifs is 1. The molecule has 0 atom stereocenters. The van der Waals surface area contributed by atoms with Gasteiger partial charge in [-0.25, -0.2) is 0 Å². The van der Waals surface area contributed by atoms with Gasteiger partial charge in [0.2, 0.25) is 11.8 Å². The summed E-state index contributed by atoms with van der Waals surface area (Å²) in [6.07, 6.45) is 7.26. The molecule has 1 aliphatic carbocycles. The normalized spacial score (nSPS) is 16.6. The zero-order chi connectivity index (χ0) is 20.7. The third-order valence-corrected chi connectivity index (χ3v) is 5.17. The van der Waals surface area contributed by atoms with Crippen LogP contribution in [-0.4, -0.2) is 55.1 Å². The molecule has 0 aromatic carbocycles. The Morgan fingerprint density at radius 2 is 2.07 bits per heavy atom. The van der Waals surface area contributed by atoms with Crippen molar-refractivity contribution in [2.75, 3.05) is 13.1 Å². The molecule has 1 aliphatic heterocycles. The minimum atomic E-state index is -0.677. The summed E-state index contributed by atoms with van der Waals surface area (Å²) >= 11 is 0. The van der Waals surface area contributed by atoms with Crippen molar-refractivity contribution in [2.45, 2.75) is 45.7 Å². The highest BCUT2D eigenvalue weighted by Crippen LogP contribution is 2.24. The molecule has 2 fully saturated rings. The van der Waals surface area contributed by atoms with Crippen molar-refractivity contribution in [3.63, 3.8) is 0 Å². The maximum Gasteiger partial charge on any atom is 0.291 e. The number of carbonyl (C=O) groups is 2. The number of aromatic nitrogens is 3. The summed E-state index contributed by atoms with van der Waals surface area (Å²) in [6, 6.07) is 0.0548. The molecular formula is C20H25N5O4. The van der Waals surface area contributed by atoms with E-state index in [1.807, 2.05) is 13.8 Å². The molecule has 154 valence electrons. The van der Waals surface area contributed by atoms with Crippen molar-refractivity contribution in [3.8, 4) is 5.88 Å². The summed E-state index contributed by atoms with van der Waals surface area (Å²) in [4.78, 5) is 39.3.